The van der Waals surface area contributed by atoms with Crippen LogP contribution in [-0.2, 0) is 7.05 Å². The third-order valence-electron chi connectivity index (χ3n) is 6.36. The van der Waals surface area contributed by atoms with Gasteiger partial charge in [0, 0.05) is 25.7 Å². The van der Waals surface area contributed by atoms with Gasteiger partial charge < -0.3 is 15.3 Å². The summed E-state index contributed by atoms with van der Waals surface area (Å²) in [4.78, 5) is 39.9. The Hall–Kier alpha value is -3.20. The van der Waals surface area contributed by atoms with Gasteiger partial charge in [-0.15, -0.1) is 0 Å². The summed E-state index contributed by atoms with van der Waals surface area (Å²) in [6.45, 7) is 5.64. The van der Waals surface area contributed by atoms with E-state index in [1.54, 1.807) is 11.6 Å². The Morgan fingerprint density at radius 3 is 2.69 bits per heavy atom. The molecule has 0 bridgehead atoms. The molecule has 1 aliphatic carbocycles. The van der Waals surface area contributed by atoms with Crippen molar-refractivity contribution in [3.05, 3.63) is 50.7 Å². The van der Waals surface area contributed by atoms with Gasteiger partial charge in [-0.25, -0.2) is 19.7 Å². The van der Waals surface area contributed by atoms with E-state index in [4.69, 9.17) is 16.6 Å². The minimum atomic E-state index is -1.23. The number of nitrogens with one attached hydrogen (secondary N) is 1. The van der Waals surface area contributed by atoms with Crippen LogP contribution in [0.1, 0.15) is 41.0 Å². The molecule has 1 aromatic carbocycles. The smallest absolute Gasteiger partial charge is 0.358 e. The van der Waals surface area contributed by atoms with Crippen LogP contribution in [0.3, 0.4) is 0 Å². The number of hydrogen-bond donors (Lipinski definition) is 2. The maximum Gasteiger partial charge on any atom is 0.358 e. The number of carbonyl (C=O) groups is 1. The number of anilines is 2. The summed E-state index contributed by atoms with van der Waals surface area (Å²) in [5, 5.41) is 13.1. The average Bonchev–Trinajstić information content (AvgIpc) is 3.36. The lowest BCUT2D eigenvalue weighted by Gasteiger charge is -2.23. The fourth-order valence-electron chi connectivity index (χ4n) is 4.62. The number of halogens is 1. The molecule has 3 unspecified atom stereocenters. The Bertz CT molecular complexity index is 1310. The summed E-state index contributed by atoms with van der Waals surface area (Å²) in [7, 11) is 1.76. The second-order valence-electron chi connectivity index (χ2n) is 8.75. The summed E-state index contributed by atoms with van der Waals surface area (Å²) in [6.07, 6.45) is 2.56. The van der Waals surface area contributed by atoms with Crippen molar-refractivity contribution in [1.29, 1.82) is 0 Å². The minimum Gasteiger partial charge on any atom is -0.476 e. The van der Waals surface area contributed by atoms with Crippen LogP contribution in [0.5, 0.6) is 0 Å². The van der Waals surface area contributed by atoms with E-state index in [0.29, 0.717) is 28.7 Å². The molecule has 2 aliphatic rings. The van der Waals surface area contributed by atoms with E-state index in [2.05, 4.69) is 20.2 Å². The SMILES string of the molecule is Cc1cc(C(C)Nc2ncc(Cl)nc2C(=O)O)c2nc(N3CC4CC4C3)n(C)c(=O)c2c1. The van der Waals surface area contributed by atoms with Crippen molar-refractivity contribution in [2.24, 2.45) is 18.9 Å². The van der Waals surface area contributed by atoms with Gasteiger partial charge in [0.25, 0.3) is 5.56 Å². The van der Waals surface area contributed by atoms with Crippen LogP contribution in [0.4, 0.5) is 11.8 Å². The topological polar surface area (TPSA) is 113 Å². The number of nitrogens with zero attached hydrogens (tertiary/aromatic N) is 5. The first-order chi connectivity index (χ1) is 15.2. The maximum absolute atomic E-state index is 13.2. The lowest BCUT2D eigenvalue weighted by atomic mass is 10.0. The van der Waals surface area contributed by atoms with E-state index in [-0.39, 0.29) is 28.3 Å². The zero-order valence-electron chi connectivity index (χ0n) is 18.0. The number of hydrogen-bond acceptors (Lipinski definition) is 7. The fourth-order valence-corrected chi connectivity index (χ4v) is 4.75. The lowest BCUT2D eigenvalue weighted by molar-refractivity contribution is 0.0691. The Labute approximate surface area is 189 Å². The summed E-state index contributed by atoms with van der Waals surface area (Å²) < 4.78 is 1.63. The first-order valence-electron chi connectivity index (χ1n) is 10.5. The highest BCUT2D eigenvalue weighted by Gasteiger charge is 2.46. The molecule has 10 heteroatoms. The molecule has 166 valence electrons. The Balaban J connectivity index is 1.60. The van der Waals surface area contributed by atoms with Crippen molar-refractivity contribution < 1.29 is 9.90 Å². The fraction of sp³-hybridized carbons (Fsp3) is 0.409. The van der Waals surface area contributed by atoms with E-state index >= 15 is 0 Å². The number of benzene rings is 1. The molecular weight excluding hydrogens is 432 g/mol. The third-order valence-corrected chi connectivity index (χ3v) is 6.54. The predicted octanol–water partition coefficient (Wildman–Crippen LogP) is 3.01. The van der Waals surface area contributed by atoms with Gasteiger partial charge in [-0.3, -0.25) is 9.36 Å². The maximum atomic E-state index is 13.2. The number of aryl methyl sites for hydroxylation is 1. The van der Waals surface area contributed by atoms with Gasteiger partial charge in [0.2, 0.25) is 5.95 Å². The van der Waals surface area contributed by atoms with E-state index in [1.807, 2.05) is 26.0 Å². The molecule has 2 N–H and O–H groups in total. The predicted molar refractivity (Wildman–Crippen MR) is 122 cm³/mol. The normalized spacial score (nSPS) is 20.3. The molecule has 2 aromatic heterocycles. The molecule has 0 spiro atoms. The number of aromatic carboxylic acids is 1. The van der Waals surface area contributed by atoms with Crippen LogP contribution < -0.4 is 15.8 Å². The Kier molecular flexibility index (Phi) is 4.81. The van der Waals surface area contributed by atoms with Crippen LogP contribution in [0.15, 0.2) is 23.1 Å². The summed E-state index contributed by atoms with van der Waals surface area (Å²) >= 11 is 5.82. The van der Waals surface area contributed by atoms with Crippen molar-refractivity contribution in [3.63, 3.8) is 0 Å². The molecule has 1 aliphatic heterocycles. The van der Waals surface area contributed by atoms with Crippen LogP contribution in [0, 0.1) is 18.8 Å². The van der Waals surface area contributed by atoms with E-state index in [1.165, 1.54) is 12.6 Å². The average molecular weight is 455 g/mol. The number of aromatic nitrogens is 4. The Morgan fingerprint density at radius 2 is 2.00 bits per heavy atom. The van der Waals surface area contributed by atoms with Gasteiger partial charge in [0.05, 0.1) is 23.1 Å². The molecule has 3 heterocycles. The zero-order chi connectivity index (χ0) is 22.7. The Morgan fingerprint density at radius 1 is 1.28 bits per heavy atom. The second kappa shape index (κ2) is 7.44. The number of fused-ring (bicyclic) bond motifs is 2. The van der Waals surface area contributed by atoms with Gasteiger partial charge in [-0.2, -0.15) is 0 Å². The van der Waals surface area contributed by atoms with E-state index < -0.39 is 5.97 Å². The molecule has 3 atom stereocenters. The van der Waals surface area contributed by atoms with Crippen molar-refractivity contribution >= 4 is 40.2 Å². The number of carboxylic acid groups (broad SMARTS) is 1. The third kappa shape index (κ3) is 3.46. The molecule has 0 amide bonds. The molecule has 3 aromatic rings. The molecule has 5 rings (SSSR count). The van der Waals surface area contributed by atoms with Crippen LogP contribution in [-0.4, -0.2) is 43.7 Å². The van der Waals surface area contributed by atoms with Crippen LogP contribution in [0.25, 0.3) is 10.9 Å². The highest BCUT2D eigenvalue weighted by Crippen LogP contribution is 2.46. The zero-order valence-corrected chi connectivity index (χ0v) is 18.7. The second-order valence-corrected chi connectivity index (χ2v) is 9.14. The summed E-state index contributed by atoms with van der Waals surface area (Å²) in [5.41, 5.74) is 1.95. The van der Waals surface area contributed by atoms with Crippen molar-refractivity contribution in [2.75, 3.05) is 23.3 Å². The van der Waals surface area contributed by atoms with Gasteiger partial charge in [0.15, 0.2) is 11.5 Å². The quantitative estimate of drug-likeness (QED) is 0.604. The van der Waals surface area contributed by atoms with Crippen LogP contribution in [0.2, 0.25) is 5.15 Å². The standard InChI is InChI=1S/C22H23ClN6O3/c1-10-4-14(11(2)25-19-18(21(31)32)26-16(23)7-24-19)17-15(5-10)20(30)28(3)22(27-17)29-8-12-6-13(12)9-29/h4-5,7,11-13H,6,8-9H2,1-3H3,(H,24,25)(H,31,32). The van der Waals surface area contributed by atoms with Gasteiger partial charge in [-0.1, -0.05) is 17.7 Å². The van der Waals surface area contributed by atoms with Crippen molar-refractivity contribution in [2.45, 2.75) is 26.3 Å². The molecule has 1 saturated carbocycles. The molecule has 2 fully saturated rings. The van der Waals surface area contributed by atoms with Crippen molar-refractivity contribution in [1.82, 2.24) is 19.5 Å². The first kappa shape index (κ1) is 20.7. The monoisotopic (exact) mass is 454 g/mol. The van der Waals surface area contributed by atoms with E-state index in [9.17, 15) is 14.7 Å². The first-order valence-corrected chi connectivity index (χ1v) is 10.9. The number of carboxylic acids is 1. The molecule has 0 radical (unpaired) electrons. The number of rotatable bonds is 5. The summed E-state index contributed by atoms with van der Waals surface area (Å²) in [5.74, 6) is 0.958. The molecular formula is C22H23ClN6O3. The molecule has 9 nitrogen and oxygen atoms in total. The minimum absolute atomic E-state index is 0.0000697. The highest BCUT2D eigenvalue weighted by atomic mass is 35.5. The lowest BCUT2D eigenvalue weighted by Crippen LogP contribution is -2.31. The molecule has 32 heavy (non-hydrogen) atoms. The number of piperidine rings is 1. The summed E-state index contributed by atoms with van der Waals surface area (Å²) in [6, 6.07) is 3.42. The van der Waals surface area contributed by atoms with Gasteiger partial charge in [0.1, 0.15) is 5.15 Å². The highest BCUT2D eigenvalue weighted by molar-refractivity contribution is 6.29. The van der Waals surface area contributed by atoms with E-state index in [0.717, 1.165) is 24.2 Å². The van der Waals surface area contributed by atoms with Gasteiger partial charge >= 0.3 is 5.97 Å². The van der Waals surface area contributed by atoms with Crippen LogP contribution >= 0.6 is 11.6 Å². The molecule has 1 saturated heterocycles. The van der Waals surface area contributed by atoms with Crippen molar-refractivity contribution in [3.8, 4) is 0 Å². The van der Waals surface area contributed by atoms with Gasteiger partial charge in [-0.05, 0) is 43.7 Å². The largest absolute Gasteiger partial charge is 0.476 e.